The smallest absolute Gasteiger partial charge is 0.244 e. The predicted octanol–water partition coefficient (Wildman–Crippen LogP) is 2.54. The quantitative estimate of drug-likeness (QED) is 0.821. The minimum Gasteiger partial charge on any atom is -0.380 e. The highest BCUT2D eigenvalue weighted by atomic mass is 16.5. The largest absolute Gasteiger partial charge is 0.380 e. The standard InChI is InChI=1S/C20H21N3O4/c1-27-13-14-5-4-6-15(11-14)21-18(24)9-10-20(26)23-12-19(25)22-16-7-2-3-8-17(16)23/h2-8,11H,9-10,12-13H2,1H3,(H,21,24)(H,22,25). The fourth-order valence-corrected chi connectivity index (χ4v) is 2.94. The monoisotopic (exact) mass is 367 g/mol. The fourth-order valence-electron chi connectivity index (χ4n) is 2.94. The molecule has 1 heterocycles. The van der Waals surface area contributed by atoms with Crippen LogP contribution in [-0.4, -0.2) is 31.4 Å². The summed E-state index contributed by atoms with van der Waals surface area (Å²) in [6, 6.07) is 14.5. The van der Waals surface area contributed by atoms with Crippen LogP contribution in [0.25, 0.3) is 0 Å². The third kappa shape index (κ3) is 4.71. The van der Waals surface area contributed by atoms with E-state index in [-0.39, 0.29) is 37.1 Å². The lowest BCUT2D eigenvalue weighted by atomic mass is 10.1. The number of hydrogen-bond donors (Lipinski definition) is 2. The number of para-hydroxylation sites is 2. The molecule has 1 aliphatic rings. The van der Waals surface area contributed by atoms with Crippen molar-refractivity contribution in [1.82, 2.24) is 0 Å². The molecular weight excluding hydrogens is 346 g/mol. The van der Waals surface area contributed by atoms with Crippen molar-refractivity contribution >= 4 is 34.8 Å². The molecule has 0 atom stereocenters. The lowest BCUT2D eigenvalue weighted by Gasteiger charge is -2.29. The van der Waals surface area contributed by atoms with Crippen molar-refractivity contribution in [1.29, 1.82) is 0 Å². The van der Waals surface area contributed by atoms with Crippen LogP contribution in [0.15, 0.2) is 48.5 Å². The Bertz CT molecular complexity index is 866. The van der Waals surface area contributed by atoms with Crippen LogP contribution in [0.1, 0.15) is 18.4 Å². The predicted molar refractivity (Wildman–Crippen MR) is 102 cm³/mol. The Labute approximate surface area is 157 Å². The Hall–Kier alpha value is -3.19. The summed E-state index contributed by atoms with van der Waals surface area (Å²) in [6.07, 6.45) is 0.0544. The number of benzene rings is 2. The Kier molecular flexibility index (Phi) is 5.83. The van der Waals surface area contributed by atoms with Crippen LogP contribution in [-0.2, 0) is 25.7 Å². The van der Waals surface area contributed by atoms with E-state index < -0.39 is 0 Å². The van der Waals surface area contributed by atoms with Crippen molar-refractivity contribution < 1.29 is 19.1 Å². The molecule has 2 aromatic rings. The van der Waals surface area contributed by atoms with Crippen molar-refractivity contribution in [2.75, 3.05) is 29.2 Å². The number of ether oxygens (including phenoxy) is 1. The second-order valence-corrected chi connectivity index (χ2v) is 6.23. The summed E-state index contributed by atoms with van der Waals surface area (Å²) in [5.74, 6) is -0.769. The van der Waals surface area contributed by atoms with E-state index in [1.165, 1.54) is 4.90 Å². The van der Waals surface area contributed by atoms with E-state index in [9.17, 15) is 14.4 Å². The van der Waals surface area contributed by atoms with Gasteiger partial charge in [-0.05, 0) is 29.8 Å². The molecule has 0 spiro atoms. The second-order valence-electron chi connectivity index (χ2n) is 6.23. The zero-order valence-electron chi connectivity index (χ0n) is 15.0. The molecule has 1 aliphatic heterocycles. The lowest BCUT2D eigenvalue weighted by molar-refractivity contribution is -0.124. The maximum Gasteiger partial charge on any atom is 0.244 e. The van der Waals surface area contributed by atoms with E-state index in [1.807, 2.05) is 18.2 Å². The number of nitrogens with zero attached hydrogens (tertiary/aromatic N) is 1. The summed E-state index contributed by atoms with van der Waals surface area (Å²) in [5, 5.41) is 5.52. The molecule has 0 saturated carbocycles. The molecule has 2 N–H and O–H groups in total. The number of hydrogen-bond acceptors (Lipinski definition) is 4. The van der Waals surface area contributed by atoms with Gasteiger partial charge >= 0.3 is 0 Å². The van der Waals surface area contributed by atoms with E-state index in [4.69, 9.17) is 4.74 Å². The third-order valence-electron chi connectivity index (χ3n) is 4.16. The molecule has 3 rings (SSSR count). The lowest BCUT2D eigenvalue weighted by Crippen LogP contribution is -2.42. The van der Waals surface area contributed by atoms with Crippen LogP contribution < -0.4 is 15.5 Å². The molecule has 0 bridgehead atoms. The van der Waals surface area contributed by atoms with Crippen molar-refractivity contribution in [3.8, 4) is 0 Å². The van der Waals surface area contributed by atoms with E-state index >= 15 is 0 Å². The number of fused-ring (bicyclic) bond motifs is 1. The number of nitrogens with one attached hydrogen (secondary N) is 2. The first-order chi connectivity index (χ1) is 13.1. The minimum absolute atomic E-state index is 0.0191. The van der Waals surface area contributed by atoms with E-state index in [0.717, 1.165) is 5.56 Å². The molecule has 140 valence electrons. The summed E-state index contributed by atoms with van der Waals surface area (Å²) in [7, 11) is 1.61. The molecule has 2 aromatic carbocycles. The molecule has 0 unspecified atom stereocenters. The summed E-state index contributed by atoms with van der Waals surface area (Å²) < 4.78 is 5.08. The van der Waals surface area contributed by atoms with Crippen LogP contribution in [0, 0.1) is 0 Å². The van der Waals surface area contributed by atoms with Gasteiger partial charge in [0, 0.05) is 25.6 Å². The Morgan fingerprint density at radius 1 is 1.15 bits per heavy atom. The van der Waals surface area contributed by atoms with Gasteiger partial charge in [-0.25, -0.2) is 0 Å². The van der Waals surface area contributed by atoms with Gasteiger partial charge in [0.2, 0.25) is 17.7 Å². The van der Waals surface area contributed by atoms with Crippen molar-refractivity contribution in [2.45, 2.75) is 19.4 Å². The fraction of sp³-hybridized carbons (Fsp3) is 0.250. The number of amides is 3. The maximum atomic E-state index is 12.6. The van der Waals surface area contributed by atoms with Gasteiger partial charge in [0.1, 0.15) is 6.54 Å². The number of carbonyl (C=O) groups excluding carboxylic acids is 3. The Balaban J connectivity index is 1.58. The highest BCUT2D eigenvalue weighted by Gasteiger charge is 2.26. The molecule has 0 fully saturated rings. The molecule has 27 heavy (non-hydrogen) atoms. The molecule has 0 saturated heterocycles. The van der Waals surface area contributed by atoms with Crippen molar-refractivity contribution in [3.63, 3.8) is 0 Å². The highest BCUT2D eigenvalue weighted by Crippen LogP contribution is 2.29. The first-order valence-corrected chi connectivity index (χ1v) is 8.64. The van der Waals surface area contributed by atoms with Crippen LogP contribution in [0.3, 0.4) is 0 Å². The van der Waals surface area contributed by atoms with E-state index in [1.54, 1.807) is 37.4 Å². The summed E-state index contributed by atoms with van der Waals surface area (Å²) >= 11 is 0. The Morgan fingerprint density at radius 3 is 2.78 bits per heavy atom. The van der Waals surface area contributed by atoms with Crippen molar-refractivity contribution in [3.05, 3.63) is 54.1 Å². The normalized spacial score (nSPS) is 12.9. The third-order valence-corrected chi connectivity index (χ3v) is 4.16. The van der Waals surface area contributed by atoms with Gasteiger partial charge < -0.3 is 20.3 Å². The molecule has 7 heteroatoms. The number of methoxy groups -OCH3 is 1. The summed E-state index contributed by atoms with van der Waals surface area (Å²) in [5.41, 5.74) is 2.85. The van der Waals surface area contributed by atoms with Crippen LogP contribution >= 0.6 is 0 Å². The van der Waals surface area contributed by atoms with Gasteiger partial charge in [-0.1, -0.05) is 24.3 Å². The van der Waals surface area contributed by atoms with Gasteiger partial charge in [0.05, 0.1) is 18.0 Å². The van der Waals surface area contributed by atoms with Gasteiger partial charge in [0.25, 0.3) is 0 Å². The topological polar surface area (TPSA) is 87.7 Å². The van der Waals surface area contributed by atoms with Crippen molar-refractivity contribution in [2.24, 2.45) is 0 Å². The SMILES string of the molecule is COCc1cccc(NC(=O)CCC(=O)N2CC(=O)Nc3ccccc32)c1. The van der Waals surface area contributed by atoms with E-state index in [0.29, 0.717) is 23.7 Å². The zero-order valence-corrected chi connectivity index (χ0v) is 15.0. The number of carbonyl (C=O) groups is 3. The van der Waals surface area contributed by atoms with Gasteiger partial charge in [-0.15, -0.1) is 0 Å². The molecule has 7 nitrogen and oxygen atoms in total. The molecule has 0 aromatic heterocycles. The Morgan fingerprint density at radius 2 is 1.96 bits per heavy atom. The number of rotatable bonds is 6. The minimum atomic E-state index is -0.263. The molecule has 3 amide bonds. The molecule has 0 aliphatic carbocycles. The average molecular weight is 367 g/mol. The molecular formula is C20H21N3O4. The maximum absolute atomic E-state index is 12.6. The second kappa shape index (κ2) is 8.46. The summed E-state index contributed by atoms with van der Waals surface area (Å²) in [6.45, 7) is 0.412. The number of anilines is 3. The van der Waals surface area contributed by atoms with Gasteiger partial charge in [0.15, 0.2) is 0 Å². The van der Waals surface area contributed by atoms with Gasteiger partial charge in [-0.2, -0.15) is 0 Å². The van der Waals surface area contributed by atoms with E-state index in [2.05, 4.69) is 10.6 Å². The first kappa shape index (κ1) is 18.6. The van der Waals surface area contributed by atoms with Gasteiger partial charge in [-0.3, -0.25) is 14.4 Å². The highest BCUT2D eigenvalue weighted by molar-refractivity contribution is 6.10. The van der Waals surface area contributed by atoms with Crippen LogP contribution in [0.5, 0.6) is 0 Å². The first-order valence-electron chi connectivity index (χ1n) is 8.64. The van der Waals surface area contributed by atoms with Crippen LogP contribution in [0.2, 0.25) is 0 Å². The molecule has 0 radical (unpaired) electrons. The van der Waals surface area contributed by atoms with Crippen LogP contribution in [0.4, 0.5) is 17.1 Å². The zero-order chi connectivity index (χ0) is 19.2. The average Bonchev–Trinajstić information content (AvgIpc) is 2.66. The summed E-state index contributed by atoms with van der Waals surface area (Å²) in [4.78, 5) is 38.0.